The van der Waals surface area contributed by atoms with E-state index in [0.29, 0.717) is 31.1 Å². The van der Waals surface area contributed by atoms with Gasteiger partial charge in [-0.15, -0.1) is 11.3 Å². The number of thiazole rings is 1. The molecule has 7 nitrogen and oxygen atoms in total. The van der Waals surface area contributed by atoms with Crippen LogP contribution in [0.4, 0.5) is 0 Å². The molecule has 4 rings (SSSR count). The van der Waals surface area contributed by atoms with Gasteiger partial charge in [0.1, 0.15) is 17.2 Å². The number of carbonyl (C=O) groups is 2. The quantitative estimate of drug-likeness (QED) is 0.511. The minimum Gasteiger partial charge on any atom is -0.497 e. The van der Waals surface area contributed by atoms with Crippen molar-refractivity contribution in [2.75, 3.05) is 33.3 Å². The van der Waals surface area contributed by atoms with Crippen molar-refractivity contribution < 1.29 is 19.1 Å². The summed E-state index contributed by atoms with van der Waals surface area (Å²) < 4.78 is 11.5. The molecule has 0 radical (unpaired) electrons. The fourth-order valence-electron chi connectivity index (χ4n) is 3.82. The lowest BCUT2D eigenvalue weighted by Gasteiger charge is -2.25. The average Bonchev–Trinajstić information content (AvgIpc) is 3.34. The first-order chi connectivity index (χ1) is 16.1. The van der Waals surface area contributed by atoms with Gasteiger partial charge in [-0.1, -0.05) is 42.5 Å². The highest BCUT2D eigenvalue weighted by molar-refractivity contribution is 7.11. The van der Waals surface area contributed by atoms with E-state index < -0.39 is 0 Å². The van der Waals surface area contributed by atoms with Gasteiger partial charge in [0.05, 0.1) is 31.5 Å². The molecule has 1 aromatic heterocycles. The summed E-state index contributed by atoms with van der Waals surface area (Å²) in [4.78, 5) is 34.0. The van der Waals surface area contributed by atoms with Crippen molar-refractivity contribution in [1.29, 1.82) is 0 Å². The average molecular weight is 466 g/mol. The lowest BCUT2D eigenvalue weighted by molar-refractivity contribution is -0.131. The number of hydrogen-bond acceptors (Lipinski definition) is 6. The molecule has 2 aromatic carbocycles. The van der Waals surface area contributed by atoms with Crippen molar-refractivity contribution >= 4 is 23.2 Å². The zero-order valence-corrected chi connectivity index (χ0v) is 19.4. The van der Waals surface area contributed by atoms with Crippen LogP contribution in [-0.2, 0) is 22.6 Å². The second-order valence-electron chi connectivity index (χ2n) is 7.91. The van der Waals surface area contributed by atoms with Gasteiger partial charge in [0.15, 0.2) is 0 Å². The minimum atomic E-state index is -0.310. The Morgan fingerprint density at radius 1 is 1.12 bits per heavy atom. The Balaban J connectivity index is 1.48. The monoisotopic (exact) mass is 465 g/mol. The van der Waals surface area contributed by atoms with Gasteiger partial charge in [0, 0.05) is 19.6 Å². The van der Waals surface area contributed by atoms with Crippen LogP contribution in [0, 0.1) is 0 Å². The summed E-state index contributed by atoms with van der Waals surface area (Å²) >= 11 is 1.27. The number of benzene rings is 2. The molecule has 1 atom stereocenters. The van der Waals surface area contributed by atoms with Crippen molar-refractivity contribution in [3.05, 3.63) is 82.3 Å². The summed E-state index contributed by atoms with van der Waals surface area (Å²) in [5.74, 6) is 0.501. The van der Waals surface area contributed by atoms with Crippen molar-refractivity contribution in [2.45, 2.75) is 19.1 Å². The Morgan fingerprint density at radius 3 is 2.70 bits per heavy atom. The molecule has 0 unspecified atom stereocenters. The van der Waals surface area contributed by atoms with Crippen LogP contribution in [0.3, 0.4) is 0 Å². The van der Waals surface area contributed by atoms with Gasteiger partial charge in [-0.25, -0.2) is 0 Å². The maximum Gasteiger partial charge on any atom is 0.266 e. The summed E-state index contributed by atoms with van der Waals surface area (Å²) in [5, 5.41) is 0. The number of ether oxygens (including phenoxy) is 2. The van der Waals surface area contributed by atoms with Crippen LogP contribution in [0.5, 0.6) is 5.75 Å². The molecule has 1 aliphatic heterocycles. The molecule has 2 amide bonds. The van der Waals surface area contributed by atoms with Crippen LogP contribution in [-0.4, -0.2) is 66.0 Å². The number of hydrogen-bond donors (Lipinski definition) is 0. The number of carbonyl (C=O) groups excluding carboxylic acids is 2. The molecule has 1 saturated heterocycles. The first-order valence-corrected chi connectivity index (χ1v) is 11.7. The number of amides is 2. The summed E-state index contributed by atoms with van der Waals surface area (Å²) in [6.45, 7) is 1.75. The Labute approximate surface area is 197 Å². The molecule has 0 spiro atoms. The van der Waals surface area contributed by atoms with Crippen LogP contribution >= 0.6 is 11.3 Å². The summed E-state index contributed by atoms with van der Waals surface area (Å²) in [6.07, 6.45) is 1.98. The molecule has 2 heterocycles. The molecular formula is C25H27N3O4S. The van der Waals surface area contributed by atoms with E-state index in [1.807, 2.05) is 47.4 Å². The Hall–Kier alpha value is -3.23. The number of rotatable bonds is 8. The van der Waals surface area contributed by atoms with Gasteiger partial charge in [0.25, 0.3) is 5.91 Å². The van der Waals surface area contributed by atoms with Crippen LogP contribution in [0.2, 0.25) is 0 Å². The predicted octanol–water partition coefficient (Wildman–Crippen LogP) is 3.26. The molecule has 33 heavy (non-hydrogen) atoms. The molecule has 172 valence electrons. The SMILES string of the molecule is COc1cccc(CO[C@@H]2CN(CCc3ccccc3)C(=O)CN(C(=O)c3cncs3)C2)c1. The minimum absolute atomic E-state index is 0.0323. The molecule has 3 aromatic rings. The lowest BCUT2D eigenvalue weighted by Crippen LogP contribution is -2.39. The smallest absolute Gasteiger partial charge is 0.266 e. The lowest BCUT2D eigenvalue weighted by atomic mass is 10.1. The predicted molar refractivity (Wildman–Crippen MR) is 126 cm³/mol. The van der Waals surface area contributed by atoms with E-state index in [1.54, 1.807) is 23.7 Å². The Kier molecular flexibility index (Phi) is 7.70. The van der Waals surface area contributed by atoms with E-state index in [9.17, 15) is 9.59 Å². The normalized spacial score (nSPS) is 16.5. The molecule has 0 N–H and O–H groups in total. The highest BCUT2D eigenvalue weighted by Crippen LogP contribution is 2.18. The van der Waals surface area contributed by atoms with Crippen LogP contribution in [0.1, 0.15) is 20.8 Å². The van der Waals surface area contributed by atoms with Crippen LogP contribution in [0.15, 0.2) is 66.3 Å². The third-order valence-corrected chi connectivity index (χ3v) is 6.35. The molecule has 1 aliphatic rings. The maximum absolute atomic E-state index is 13.1. The van der Waals surface area contributed by atoms with E-state index in [1.165, 1.54) is 16.9 Å². The number of methoxy groups -OCH3 is 1. The van der Waals surface area contributed by atoms with Crippen molar-refractivity contribution in [3.8, 4) is 5.75 Å². The molecule has 0 aliphatic carbocycles. The van der Waals surface area contributed by atoms with Crippen LogP contribution < -0.4 is 4.74 Å². The molecule has 1 fully saturated rings. The second-order valence-corrected chi connectivity index (χ2v) is 8.80. The van der Waals surface area contributed by atoms with Gasteiger partial charge in [-0.3, -0.25) is 14.6 Å². The number of nitrogens with zero attached hydrogens (tertiary/aromatic N) is 3. The molecule has 0 bridgehead atoms. The maximum atomic E-state index is 13.1. The van der Waals surface area contributed by atoms with Gasteiger partial charge >= 0.3 is 0 Å². The molecule has 8 heteroatoms. The fraction of sp³-hybridized carbons (Fsp3) is 0.320. The highest BCUT2D eigenvalue weighted by atomic mass is 32.1. The van der Waals surface area contributed by atoms with E-state index >= 15 is 0 Å². The van der Waals surface area contributed by atoms with E-state index in [-0.39, 0.29) is 24.5 Å². The standard InChI is InChI=1S/C25H27N3O4S/c1-31-21-9-5-8-20(12-21)17-32-22-14-27(11-10-19-6-3-2-4-7-19)24(29)16-28(15-22)25(30)23-13-26-18-33-23/h2-9,12-13,18,22H,10-11,14-17H2,1H3/t22-/m1/s1. The van der Waals surface area contributed by atoms with Gasteiger partial charge < -0.3 is 19.3 Å². The zero-order chi connectivity index (χ0) is 23.0. The Morgan fingerprint density at radius 2 is 1.94 bits per heavy atom. The largest absolute Gasteiger partial charge is 0.497 e. The fourth-order valence-corrected chi connectivity index (χ4v) is 4.40. The van der Waals surface area contributed by atoms with Gasteiger partial charge in [0.2, 0.25) is 5.91 Å². The Bertz CT molecular complexity index is 1060. The van der Waals surface area contributed by atoms with Crippen molar-refractivity contribution in [3.63, 3.8) is 0 Å². The van der Waals surface area contributed by atoms with E-state index in [0.717, 1.165) is 17.7 Å². The first kappa shape index (κ1) is 22.9. The second kappa shape index (κ2) is 11.1. The van der Waals surface area contributed by atoms with E-state index in [4.69, 9.17) is 9.47 Å². The number of aromatic nitrogens is 1. The summed E-state index contributed by atoms with van der Waals surface area (Å²) in [6, 6.07) is 17.8. The third kappa shape index (κ3) is 6.18. The van der Waals surface area contributed by atoms with Gasteiger partial charge in [-0.05, 0) is 29.7 Å². The topological polar surface area (TPSA) is 72.0 Å². The third-order valence-electron chi connectivity index (χ3n) is 5.59. The summed E-state index contributed by atoms with van der Waals surface area (Å²) in [7, 11) is 1.63. The molecule has 0 saturated carbocycles. The van der Waals surface area contributed by atoms with E-state index in [2.05, 4.69) is 17.1 Å². The highest BCUT2D eigenvalue weighted by Gasteiger charge is 2.31. The van der Waals surface area contributed by atoms with Crippen molar-refractivity contribution in [2.24, 2.45) is 0 Å². The summed E-state index contributed by atoms with van der Waals surface area (Å²) in [5.41, 5.74) is 3.76. The first-order valence-electron chi connectivity index (χ1n) is 10.9. The van der Waals surface area contributed by atoms with Gasteiger partial charge in [-0.2, -0.15) is 0 Å². The van der Waals surface area contributed by atoms with Crippen LogP contribution in [0.25, 0.3) is 0 Å². The van der Waals surface area contributed by atoms with Crippen molar-refractivity contribution in [1.82, 2.24) is 14.8 Å². The zero-order valence-electron chi connectivity index (χ0n) is 18.6. The molecular weight excluding hydrogens is 438 g/mol.